The van der Waals surface area contributed by atoms with E-state index in [4.69, 9.17) is 10.5 Å². The Bertz CT molecular complexity index is 1410. The normalized spacial score (nSPS) is 16.1. The molecule has 0 aliphatic carbocycles. The Morgan fingerprint density at radius 1 is 1.05 bits per heavy atom. The Morgan fingerprint density at radius 2 is 1.81 bits per heavy atom. The van der Waals surface area contributed by atoms with E-state index in [1.165, 1.54) is 4.90 Å². The number of imidazole rings is 1. The molecular formula is C26H26F4N6O. The second-order valence-electron chi connectivity index (χ2n) is 9.23. The SMILES string of the molecule is Cn1c(Nc2cccc(C3(F)CCN(CC(F)(F)F)CC3)c2)nc2cc(Oc3ccnc(N)c3)ccc21. The number of aromatic nitrogens is 3. The van der Waals surface area contributed by atoms with E-state index < -0.39 is 18.4 Å². The molecule has 37 heavy (non-hydrogen) atoms. The number of rotatable bonds is 6. The van der Waals surface area contributed by atoms with Crippen molar-refractivity contribution in [2.75, 3.05) is 30.7 Å². The van der Waals surface area contributed by atoms with Crippen molar-refractivity contribution in [2.24, 2.45) is 7.05 Å². The van der Waals surface area contributed by atoms with Crippen molar-refractivity contribution < 1.29 is 22.3 Å². The van der Waals surface area contributed by atoms with Gasteiger partial charge in [-0.1, -0.05) is 12.1 Å². The first kappa shape index (κ1) is 24.8. The molecule has 0 spiro atoms. The predicted molar refractivity (Wildman–Crippen MR) is 134 cm³/mol. The second kappa shape index (κ2) is 9.55. The summed E-state index contributed by atoms with van der Waals surface area (Å²) in [6.45, 7) is -0.912. The van der Waals surface area contributed by atoms with Gasteiger partial charge in [-0.15, -0.1) is 0 Å². The van der Waals surface area contributed by atoms with E-state index in [0.717, 1.165) is 5.52 Å². The lowest BCUT2D eigenvalue weighted by Gasteiger charge is -2.37. The molecule has 1 aliphatic heterocycles. The van der Waals surface area contributed by atoms with Crippen molar-refractivity contribution in [3.8, 4) is 11.5 Å². The number of hydrogen-bond acceptors (Lipinski definition) is 6. The Morgan fingerprint density at radius 3 is 2.54 bits per heavy atom. The Balaban J connectivity index is 1.32. The molecule has 194 valence electrons. The molecule has 0 bridgehead atoms. The van der Waals surface area contributed by atoms with Crippen LogP contribution in [0.5, 0.6) is 11.5 Å². The van der Waals surface area contributed by atoms with Gasteiger partial charge in [0.25, 0.3) is 0 Å². The minimum Gasteiger partial charge on any atom is -0.457 e. The highest BCUT2D eigenvalue weighted by Crippen LogP contribution is 2.39. The highest BCUT2D eigenvalue weighted by atomic mass is 19.4. The molecule has 0 saturated carbocycles. The fourth-order valence-electron chi connectivity index (χ4n) is 4.59. The van der Waals surface area contributed by atoms with Crippen LogP contribution in [0.15, 0.2) is 60.8 Å². The van der Waals surface area contributed by atoms with Gasteiger partial charge in [0.1, 0.15) is 23.0 Å². The first-order valence-corrected chi connectivity index (χ1v) is 11.8. The van der Waals surface area contributed by atoms with Crippen LogP contribution in [0.3, 0.4) is 0 Å². The molecule has 0 amide bonds. The molecule has 3 N–H and O–H groups in total. The molecule has 11 heteroatoms. The molecule has 0 radical (unpaired) electrons. The molecule has 2 aromatic heterocycles. The van der Waals surface area contributed by atoms with Crippen LogP contribution >= 0.6 is 0 Å². The molecule has 2 aromatic carbocycles. The summed E-state index contributed by atoms with van der Waals surface area (Å²) in [4.78, 5) is 9.86. The third-order valence-corrected chi connectivity index (χ3v) is 6.53. The Labute approximate surface area is 210 Å². The zero-order valence-corrected chi connectivity index (χ0v) is 20.1. The molecule has 3 heterocycles. The summed E-state index contributed by atoms with van der Waals surface area (Å²) in [7, 11) is 1.86. The number of aryl methyl sites for hydroxylation is 1. The van der Waals surface area contributed by atoms with Gasteiger partial charge >= 0.3 is 6.18 Å². The van der Waals surface area contributed by atoms with E-state index in [1.54, 1.807) is 48.7 Å². The van der Waals surface area contributed by atoms with Crippen LogP contribution in [0.25, 0.3) is 11.0 Å². The van der Waals surface area contributed by atoms with Crippen molar-refractivity contribution in [1.82, 2.24) is 19.4 Å². The number of alkyl halides is 4. The number of nitrogens with one attached hydrogen (secondary N) is 1. The first-order chi connectivity index (χ1) is 17.6. The summed E-state index contributed by atoms with van der Waals surface area (Å²) in [5.41, 5.74) is 6.65. The summed E-state index contributed by atoms with van der Waals surface area (Å²) in [5, 5.41) is 3.24. The van der Waals surface area contributed by atoms with Crippen LogP contribution in [0, 0.1) is 0 Å². The Hall–Kier alpha value is -3.86. The molecule has 4 aromatic rings. The zero-order chi connectivity index (χ0) is 26.2. The summed E-state index contributed by atoms with van der Waals surface area (Å²) in [6.07, 6.45) is -2.71. The highest BCUT2D eigenvalue weighted by molar-refractivity contribution is 5.81. The summed E-state index contributed by atoms with van der Waals surface area (Å²) >= 11 is 0. The van der Waals surface area contributed by atoms with Crippen LogP contribution in [0.4, 0.5) is 35.0 Å². The molecule has 1 aliphatic rings. The number of fused-ring (bicyclic) bond motifs is 1. The van der Waals surface area contributed by atoms with Crippen molar-refractivity contribution in [3.63, 3.8) is 0 Å². The third-order valence-electron chi connectivity index (χ3n) is 6.53. The van der Waals surface area contributed by atoms with Crippen LogP contribution in [-0.4, -0.2) is 45.2 Å². The fourth-order valence-corrected chi connectivity index (χ4v) is 4.59. The fraction of sp³-hybridized carbons (Fsp3) is 0.308. The average molecular weight is 515 g/mol. The maximum Gasteiger partial charge on any atom is 0.401 e. The lowest BCUT2D eigenvalue weighted by Crippen LogP contribution is -2.44. The van der Waals surface area contributed by atoms with E-state index >= 15 is 4.39 Å². The maximum absolute atomic E-state index is 15.7. The monoisotopic (exact) mass is 514 g/mol. The molecule has 7 nitrogen and oxygen atoms in total. The topological polar surface area (TPSA) is 81.2 Å². The van der Waals surface area contributed by atoms with Crippen molar-refractivity contribution in [1.29, 1.82) is 0 Å². The maximum atomic E-state index is 15.7. The van der Waals surface area contributed by atoms with Crippen molar-refractivity contribution >= 4 is 28.5 Å². The minimum atomic E-state index is -4.29. The standard InChI is InChI=1S/C26H26F4N6O/c1-35-22-6-5-19(37-20-7-10-32-23(31)15-20)14-21(22)34-24(35)33-18-4-2-3-17(13-18)25(27)8-11-36(12-9-25)16-26(28,29)30/h2-7,10,13-15H,8-9,11-12,16H2,1H3,(H2,31,32)(H,33,34). The van der Waals surface area contributed by atoms with Crippen LogP contribution in [0.2, 0.25) is 0 Å². The number of halogens is 4. The number of ether oxygens (including phenoxy) is 1. The number of nitrogens with zero attached hydrogens (tertiary/aromatic N) is 4. The van der Waals surface area contributed by atoms with Gasteiger partial charge in [-0.25, -0.2) is 14.4 Å². The minimum absolute atomic E-state index is 0.00469. The van der Waals surface area contributed by atoms with Gasteiger partial charge in [-0.3, -0.25) is 4.90 Å². The van der Waals surface area contributed by atoms with Gasteiger partial charge < -0.3 is 20.4 Å². The lowest BCUT2D eigenvalue weighted by molar-refractivity contribution is -0.151. The number of nitrogens with two attached hydrogens (primary N) is 1. The number of benzene rings is 2. The number of pyridine rings is 1. The van der Waals surface area contributed by atoms with Gasteiger partial charge in [-0.05, 0) is 48.7 Å². The van der Waals surface area contributed by atoms with E-state index in [-0.39, 0.29) is 25.9 Å². The van der Waals surface area contributed by atoms with Crippen molar-refractivity contribution in [2.45, 2.75) is 24.7 Å². The quantitative estimate of drug-likeness (QED) is 0.312. The molecule has 5 rings (SSSR count). The smallest absolute Gasteiger partial charge is 0.401 e. The molecule has 0 atom stereocenters. The number of hydrogen-bond donors (Lipinski definition) is 2. The number of piperidine rings is 1. The number of anilines is 3. The van der Waals surface area contributed by atoms with Gasteiger partial charge in [0.2, 0.25) is 5.95 Å². The van der Waals surface area contributed by atoms with Crippen LogP contribution in [-0.2, 0) is 12.7 Å². The zero-order valence-electron chi connectivity index (χ0n) is 20.1. The predicted octanol–water partition coefficient (Wildman–Crippen LogP) is 5.91. The largest absolute Gasteiger partial charge is 0.457 e. The van der Waals surface area contributed by atoms with Gasteiger partial charge in [0.15, 0.2) is 0 Å². The third kappa shape index (κ3) is 5.61. The molecule has 1 saturated heterocycles. The van der Waals surface area contributed by atoms with Gasteiger partial charge in [0.05, 0.1) is 17.6 Å². The van der Waals surface area contributed by atoms with Gasteiger partial charge in [0, 0.05) is 44.2 Å². The lowest BCUT2D eigenvalue weighted by atomic mass is 9.86. The van der Waals surface area contributed by atoms with E-state index in [2.05, 4.69) is 15.3 Å². The van der Waals surface area contributed by atoms with E-state index in [9.17, 15) is 13.2 Å². The highest BCUT2D eigenvalue weighted by Gasteiger charge is 2.39. The Kier molecular flexibility index (Phi) is 6.40. The van der Waals surface area contributed by atoms with E-state index in [1.807, 2.05) is 23.7 Å². The average Bonchev–Trinajstić information content (AvgIpc) is 3.14. The summed E-state index contributed by atoms with van der Waals surface area (Å²) in [5.74, 6) is 2.04. The van der Waals surface area contributed by atoms with Crippen LogP contribution in [0.1, 0.15) is 18.4 Å². The van der Waals surface area contributed by atoms with Crippen LogP contribution < -0.4 is 15.8 Å². The summed E-state index contributed by atoms with van der Waals surface area (Å²) in [6, 6.07) is 15.7. The number of likely N-dealkylation sites (tertiary alicyclic amines) is 1. The van der Waals surface area contributed by atoms with E-state index in [0.29, 0.717) is 40.0 Å². The summed E-state index contributed by atoms with van der Waals surface area (Å²) < 4.78 is 61.6. The second-order valence-corrected chi connectivity index (χ2v) is 9.23. The van der Waals surface area contributed by atoms with Gasteiger partial charge in [-0.2, -0.15) is 13.2 Å². The number of nitrogen functional groups attached to an aromatic ring is 1. The molecule has 1 fully saturated rings. The van der Waals surface area contributed by atoms with Crippen molar-refractivity contribution in [3.05, 3.63) is 66.4 Å². The molecular weight excluding hydrogens is 488 g/mol. The molecule has 0 unspecified atom stereocenters. The first-order valence-electron chi connectivity index (χ1n) is 11.8.